The Kier molecular flexibility index (Phi) is 3.06. The molecule has 0 N–H and O–H groups in total. The van der Waals surface area contributed by atoms with E-state index >= 15 is 0 Å². The van der Waals surface area contributed by atoms with Crippen molar-refractivity contribution in [2.45, 2.75) is 44.6 Å². The molecule has 0 amide bonds. The summed E-state index contributed by atoms with van der Waals surface area (Å²) in [5.74, 6) is -1.53. The highest BCUT2D eigenvalue weighted by atomic mass is 16.6. The molecule has 4 saturated carbocycles. The van der Waals surface area contributed by atoms with Gasteiger partial charge in [0.05, 0.1) is 6.61 Å². The largest absolute Gasteiger partial charge is 0.460 e. The summed E-state index contributed by atoms with van der Waals surface area (Å²) in [6, 6.07) is 0. The summed E-state index contributed by atoms with van der Waals surface area (Å²) in [4.78, 5) is 36.1. The van der Waals surface area contributed by atoms with Crippen LogP contribution in [0, 0.1) is 33.8 Å². The molecular weight excluding hydrogens is 262 g/mol. The minimum absolute atomic E-state index is 0.0615. The lowest BCUT2D eigenvalue weighted by atomic mass is 9.66. The smallest absolute Gasteiger partial charge is 0.393 e. The Morgan fingerprint density at radius 3 is 2.40 bits per heavy atom. The highest BCUT2D eigenvalue weighted by molar-refractivity contribution is 6.08. The number of hydrogen-bond donors (Lipinski definition) is 0. The summed E-state index contributed by atoms with van der Waals surface area (Å²) in [5.41, 5.74) is -2.13. The standard InChI is InChI=1S/C14H19NO5/c1-2-20-13(17)14(15(18)19)11-6-8-3-9(7-11)5-10(4-8)12(14)16/h8-11H,2-7H2,1H3. The maximum absolute atomic E-state index is 12.7. The normalized spacial score (nSPS) is 42.4. The molecule has 4 aliphatic carbocycles. The van der Waals surface area contributed by atoms with Crippen LogP contribution in [0.4, 0.5) is 0 Å². The molecule has 0 saturated heterocycles. The van der Waals surface area contributed by atoms with Gasteiger partial charge in [0.15, 0.2) is 0 Å². The molecular formula is C14H19NO5. The Morgan fingerprint density at radius 2 is 1.90 bits per heavy atom. The van der Waals surface area contributed by atoms with Crippen LogP contribution in [0.5, 0.6) is 0 Å². The molecule has 3 unspecified atom stereocenters. The van der Waals surface area contributed by atoms with Crippen molar-refractivity contribution in [2.75, 3.05) is 6.61 Å². The Bertz CT molecular complexity index is 462. The van der Waals surface area contributed by atoms with Crippen LogP contribution in [-0.4, -0.2) is 28.8 Å². The van der Waals surface area contributed by atoms with E-state index < -0.39 is 28.1 Å². The van der Waals surface area contributed by atoms with Crippen molar-refractivity contribution in [3.8, 4) is 0 Å². The van der Waals surface area contributed by atoms with Crippen molar-refractivity contribution in [1.29, 1.82) is 0 Å². The molecule has 4 fully saturated rings. The summed E-state index contributed by atoms with van der Waals surface area (Å²) in [6.45, 7) is 1.67. The van der Waals surface area contributed by atoms with Crippen LogP contribution >= 0.6 is 0 Å². The average Bonchev–Trinajstić information content (AvgIpc) is 2.50. The van der Waals surface area contributed by atoms with Crippen LogP contribution in [0.2, 0.25) is 0 Å². The number of hydrogen-bond acceptors (Lipinski definition) is 5. The van der Waals surface area contributed by atoms with Crippen molar-refractivity contribution >= 4 is 11.8 Å². The highest BCUT2D eigenvalue weighted by Crippen LogP contribution is 2.54. The second kappa shape index (κ2) is 4.53. The van der Waals surface area contributed by atoms with Gasteiger partial charge in [-0.2, -0.15) is 0 Å². The summed E-state index contributed by atoms with van der Waals surface area (Å²) in [7, 11) is 0. The molecule has 3 atom stereocenters. The lowest BCUT2D eigenvalue weighted by Crippen LogP contribution is -2.60. The molecule has 20 heavy (non-hydrogen) atoms. The SMILES string of the molecule is CCOC(=O)C1([N+](=O)[O-])C(=O)C2CC3CC(C2)CC1C3. The monoisotopic (exact) mass is 281 g/mol. The van der Waals surface area contributed by atoms with Gasteiger partial charge in [-0.05, 0) is 50.9 Å². The third kappa shape index (κ3) is 1.63. The maximum atomic E-state index is 12.7. The van der Waals surface area contributed by atoms with E-state index in [4.69, 9.17) is 4.74 Å². The Labute approximate surface area is 117 Å². The fourth-order valence-corrected chi connectivity index (χ4v) is 4.74. The Hall–Kier alpha value is -1.46. The number of ketones is 1. The topological polar surface area (TPSA) is 86.5 Å². The first-order chi connectivity index (χ1) is 9.50. The van der Waals surface area contributed by atoms with Gasteiger partial charge in [0.25, 0.3) is 0 Å². The fraction of sp³-hybridized carbons (Fsp3) is 0.857. The summed E-state index contributed by atoms with van der Waals surface area (Å²) >= 11 is 0. The Morgan fingerprint density at radius 1 is 1.30 bits per heavy atom. The summed E-state index contributed by atoms with van der Waals surface area (Å²) in [5, 5.41) is 11.7. The molecule has 0 aliphatic heterocycles. The first-order valence-electron chi connectivity index (χ1n) is 7.36. The van der Waals surface area contributed by atoms with Gasteiger partial charge < -0.3 is 4.74 Å². The molecule has 4 aliphatic rings. The van der Waals surface area contributed by atoms with E-state index in [9.17, 15) is 19.7 Å². The zero-order valence-electron chi connectivity index (χ0n) is 11.5. The number of esters is 1. The second-order valence-corrected chi connectivity index (χ2v) is 6.41. The van der Waals surface area contributed by atoms with Gasteiger partial charge in [0, 0.05) is 16.8 Å². The zero-order chi connectivity index (χ0) is 14.5. The van der Waals surface area contributed by atoms with Crippen LogP contribution in [0.15, 0.2) is 0 Å². The van der Waals surface area contributed by atoms with Gasteiger partial charge >= 0.3 is 11.5 Å². The highest BCUT2D eigenvalue weighted by Gasteiger charge is 2.70. The molecule has 0 spiro atoms. The van der Waals surface area contributed by atoms with E-state index in [1.807, 2.05) is 0 Å². The van der Waals surface area contributed by atoms with Crippen molar-refractivity contribution in [1.82, 2.24) is 0 Å². The van der Waals surface area contributed by atoms with E-state index in [0.29, 0.717) is 37.5 Å². The summed E-state index contributed by atoms with van der Waals surface area (Å²) < 4.78 is 4.93. The number of carbonyl (C=O) groups excluding carboxylic acids is 2. The molecule has 4 rings (SSSR count). The molecule has 0 heterocycles. The lowest BCUT2D eigenvalue weighted by molar-refractivity contribution is -0.549. The van der Waals surface area contributed by atoms with E-state index in [1.54, 1.807) is 6.92 Å². The third-order valence-corrected chi connectivity index (χ3v) is 5.35. The quantitative estimate of drug-likeness (QED) is 0.339. The first kappa shape index (κ1) is 13.5. The average molecular weight is 281 g/mol. The molecule has 0 aromatic carbocycles. The van der Waals surface area contributed by atoms with E-state index in [0.717, 1.165) is 6.42 Å². The first-order valence-corrected chi connectivity index (χ1v) is 7.36. The fourth-order valence-electron chi connectivity index (χ4n) is 4.74. The molecule has 110 valence electrons. The number of fused-ring (bicyclic) bond motifs is 1. The van der Waals surface area contributed by atoms with Crippen molar-refractivity contribution in [3.63, 3.8) is 0 Å². The number of rotatable bonds is 3. The van der Waals surface area contributed by atoms with Gasteiger partial charge in [-0.15, -0.1) is 0 Å². The van der Waals surface area contributed by atoms with E-state index in [1.165, 1.54) is 0 Å². The second-order valence-electron chi connectivity index (χ2n) is 6.41. The van der Waals surface area contributed by atoms with Crippen molar-refractivity contribution in [2.24, 2.45) is 23.7 Å². The Balaban J connectivity index is 2.10. The predicted molar refractivity (Wildman–Crippen MR) is 68.4 cm³/mol. The van der Waals surface area contributed by atoms with E-state index in [2.05, 4.69) is 0 Å². The van der Waals surface area contributed by atoms with Crippen molar-refractivity contribution < 1.29 is 19.2 Å². The van der Waals surface area contributed by atoms with Gasteiger partial charge in [-0.3, -0.25) is 14.9 Å². The molecule has 0 radical (unpaired) electrons. The number of ether oxygens (including phenoxy) is 1. The van der Waals surface area contributed by atoms with Crippen LogP contribution in [-0.2, 0) is 14.3 Å². The minimum Gasteiger partial charge on any atom is -0.460 e. The molecule has 4 bridgehead atoms. The molecule has 0 aromatic heterocycles. The zero-order valence-corrected chi connectivity index (χ0v) is 11.5. The number of nitro groups is 1. The maximum Gasteiger partial charge on any atom is 0.393 e. The number of nitrogens with zero attached hydrogens (tertiary/aromatic N) is 1. The number of carbonyl (C=O) groups is 2. The predicted octanol–water partition coefficient (Wildman–Crippen LogP) is 1.59. The van der Waals surface area contributed by atoms with Crippen LogP contribution < -0.4 is 0 Å². The molecule has 6 heteroatoms. The van der Waals surface area contributed by atoms with Crippen molar-refractivity contribution in [3.05, 3.63) is 10.1 Å². The third-order valence-electron chi connectivity index (χ3n) is 5.35. The van der Waals surface area contributed by atoms with Crippen LogP contribution in [0.3, 0.4) is 0 Å². The number of Topliss-reactive ketones (excluding diaryl/α,β-unsaturated/α-hetero) is 1. The van der Waals surface area contributed by atoms with Gasteiger partial charge in [-0.25, -0.2) is 4.79 Å². The minimum atomic E-state index is -2.13. The molecule has 0 aromatic rings. The van der Waals surface area contributed by atoms with Gasteiger partial charge in [0.1, 0.15) is 0 Å². The lowest BCUT2D eigenvalue weighted by Gasteiger charge is -2.37. The van der Waals surface area contributed by atoms with Crippen LogP contribution in [0.1, 0.15) is 39.0 Å². The van der Waals surface area contributed by atoms with Gasteiger partial charge in [-0.1, -0.05) is 0 Å². The van der Waals surface area contributed by atoms with Gasteiger partial charge in [0.2, 0.25) is 5.78 Å². The molecule has 6 nitrogen and oxygen atoms in total. The van der Waals surface area contributed by atoms with E-state index in [-0.39, 0.29) is 12.5 Å². The summed E-state index contributed by atoms with van der Waals surface area (Å²) in [6.07, 6.45) is 3.69. The van der Waals surface area contributed by atoms with Crippen LogP contribution in [0.25, 0.3) is 0 Å².